The Morgan fingerprint density at radius 1 is 0.898 bits per heavy atom. The van der Waals surface area contributed by atoms with Crippen molar-refractivity contribution in [3.05, 3.63) is 127 Å². The molecule has 1 aromatic heterocycles. The fourth-order valence-corrected chi connectivity index (χ4v) is 6.51. The van der Waals surface area contributed by atoms with Gasteiger partial charge in [0.2, 0.25) is 0 Å². The number of aromatic nitrogens is 2. The quantitative estimate of drug-likeness (QED) is 0.124. The van der Waals surface area contributed by atoms with Crippen LogP contribution in [0.1, 0.15) is 55.9 Å². The topological polar surface area (TPSA) is 74.9 Å². The standard InChI is InChI=1S/C40H37BrClN3O4/c1-6-47-34-19-25(5)32(21-31(34)24(3)4)39-44-33-18-11-10-17-30(33)40(46)45(39)43-22-28-20-35(48-7-2)38(37(42)36(28)41)49-23-27-15-12-14-26-13-8-9-16-29(26)27/h8-22,24H,6-7,23H2,1-5H3. The Kier molecular flexibility index (Phi) is 10.4. The Morgan fingerprint density at radius 3 is 2.35 bits per heavy atom. The summed E-state index contributed by atoms with van der Waals surface area (Å²) in [6.45, 7) is 11.3. The van der Waals surface area contributed by atoms with Crippen LogP contribution < -0.4 is 19.8 Å². The summed E-state index contributed by atoms with van der Waals surface area (Å²) in [4.78, 5) is 19.0. The van der Waals surface area contributed by atoms with Crippen LogP contribution in [0.25, 0.3) is 33.1 Å². The minimum atomic E-state index is -0.293. The molecule has 0 aliphatic carbocycles. The molecule has 0 radical (unpaired) electrons. The molecule has 6 aromatic rings. The number of rotatable bonds is 11. The fraction of sp³-hybridized carbons (Fsp3) is 0.225. The first-order valence-electron chi connectivity index (χ1n) is 16.3. The van der Waals surface area contributed by atoms with Gasteiger partial charge in [-0.1, -0.05) is 80.0 Å². The molecule has 0 spiro atoms. The molecule has 0 aliphatic rings. The fourth-order valence-electron chi connectivity index (χ4n) is 5.86. The van der Waals surface area contributed by atoms with Crippen molar-refractivity contribution in [1.82, 2.24) is 9.66 Å². The molecule has 0 fully saturated rings. The normalized spacial score (nSPS) is 11.6. The summed E-state index contributed by atoms with van der Waals surface area (Å²) in [5.74, 6) is 2.30. The van der Waals surface area contributed by atoms with E-state index in [4.69, 9.17) is 35.9 Å². The molecule has 0 aliphatic heterocycles. The van der Waals surface area contributed by atoms with Crippen molar-refractivity contribution >= 4 is 55.4 Å². The summed E-state index contributed by atoms with van der Waals surface area (Å²) < 4.78 is 20.2. The maximum absolute atomic E-state index is 14.0. The van der Waals surface area contributed by atoms with Crippen LogP contribution in [0, 0.1) is 6.92 Å². The summed E-state index contributed by atoms with van der Waals surface area (Å²) >= 11 is 10.6. The Morgan fingerprint density at radius 2 is 1.59 bits per heavy atom. The van der Waals surface area contributed by atoms with Crippen LogP contribution in [-0.4, -0.2) is 29.1 Å². The van der Waals surface area contributed by atoms with Gasteiger partial charge in [-0.3, -0.25) is 4.79 Å². The van der Waals surface area contributed by atoms with Gasteiger partial charge in [-0.05, 0) is 100 Å². The van der Waals surface area contributed by atoms with E-state index in [-0.39, 0.29) is 11.5 Å². The predicted octanol–water partition coefficient (Wildman–Crippen LogP) is 10.3. The zero-order chi connectivity index (χ0) is 34.7. The molecule has 250 valence electrons. The molecule has 5 aromatic carbocycles. The molecule has 6 rings (SSSR count). The van der Waals surface area contributed by atoms with Crippen LogP contribution >= 0.6 is 27.5 Å². The molecule has 0 bridgehead atoms. The van der Waals surface area contributed by atoms with E-state index in [2.05, 4.69) is 54.0 Å². The second-order valence-electron chi connectivity index (χ2n) is 11.9. The molecular weight excluding hydrogens is 702 g/mol. The van der Waals surface area contributed by atoms with Crippen molar-refractivity contribution in [3.8, 4) is 28.6 Å². The van der Waals surface area contributed by atoms with Crippen molar-refractivity contribution in [2.45, 2.75) is 47.1 Å². The number of hydrogen-bond acceptors (Lipinski definition) is 6. The molecule has 0 unspecified atom stereocenters. The van der Waals surface area contributed by atoms with Gasteiger partial charge in [0, 0.05) is 15.6 Å². The van der Waals surface area contributed by atoms with E-state index in [0.717, 1.165) is 38.8 Å². The molecule has 0 saturated carbocycles. The Hall–Kier alpha value is -4.66. The number of hydrogen-bond donors (Lipinski definition) is 0. The molecule has 9 heteroatoms. The van der Waals surface area contributed by atoms with Gasteiger partial charge in [0.15, 0.2) is 17.3 Å². The third-order valence-electron chi connectivity index (χ3n) is 8.29. The second kappa shape index (κ2) is 14.8. The minimum Gasteiger partial charge on any atom is -0.494 e. The first-order chi connectivity index (χ1) is 23.7. The van der Waals surface area contributed by atoms with Gasteiger partial charge in [-0.25, -0.2) is 4.98 Å². The van der Waals surface area contributed by atoms with E-state index in [1.165, 1.54) is 4.68 Å². The van der Waals surface area contributed by atoms with Gasteiger partial charge in [0.05, 0.1) is 30.3 Å². The molecule has 0 N–H and O–H groups in total. The zero-order valence-corrected chi connectivity index (χ0v) is 30.4. The van der Waals surface area contributed by atoms with E-state index in [9.17, 15) is 4.79 Å². The number of ether oxygens (including phenoxy) is 3. The first-order valence-corrected chi connectivity index (χ1v) is 17.5. The third kappa shape index (κ3) is 6.94. The van der Waals surface area contributed by atoms with Crippen molar-refractivity contribution in [3.63, 3.8) is 0 Å². The molecule has 1 heterocycles. The first kappa shape index (κ1) is 34.2. The summed E-state index contributed by atoms with van der Waals surface area (Å²) in [7, 11) is 0. The molecule has 49 heavy (non-hydrogen) atoms. The predicted molar refractivity (Wildman–Crippen MR) is 203 cm³/mol. The summed E-state index contributed by atoms with van der Waals surface area (Å²) in [5, 5.41) is 7.77. The highest BCUT2D eigenvalue weighted by atomic mass is 79.9. The number of para-hydroxylation sites is 1. The Labute approximate surface area is 299 Å². The van der Waals surface area contributed by atoms with Crippen LogP contribution in [-0.2, 0) is 6.61 Å². The number of nitrogens with zero attached hydrogens (tertiary/aromatic N) is 3. The maximum atomic E-state index is 14.0. The largest absolute Gasteiger partial charge is 0.494 e. The number of aryl methyl sites for hydroxylation is 1. The molecule has 7 nitrogen and oxygen atoms in total. The highest BCUT2D eigenvalue weighted by Crippen LogP contribution is 2.43. The summed E-state index contributed by atoms with van der Waals surface area (Å²) in [6.07, 6.45) is 1.58. The summed E-state index contributed by atoms with van der Waals surface area (Å²) in [5.41, 5.74) is 4.64. The van der Waals surface area contributed by atoms with Crippen LogP contribution in [0.4, 0.5) is 0 Å². The number of halogens is 2. The van der Waals surface area contributed by atoms with Crippen molar-refractivity contribution < 1.29 is 14.2 Å². The third-order valence-corrected chi connectivity index (χ3v) is 9.74. The van der Waals surface area contributed by atoms with Gasteiger partial charge in [0.1, 0.15) is 17.4 Å². The van der Waals surface area contributed by atoms with Crippen LogP contribution in [0.2, 0.25) is 5.02 Å². The highest BCUT2D eigenvalue weighted by Gasteiger charge is 2.21. The van der Waals surface area contributed by atoms with Gasteiger partial charge in [-0.2, -0.15) is 9.78 Å². The van der Waals surface area contributed by atoms with E-state index in [0.29, 0.717) is 63.1 Å². The van der Waals surface area contributed by atoms with Crippen LogP contribution in [0.15, 0.2) is 99.3 Å². The monoisotopic (exact) mass is 737 g/mol. The second-order valence-corrected chi connectivity index (χ2v) is 13.1. The van der Waals surface area contributed by atoms with Crippen molar-refractivity contribution in [2.24, 2.45) is 5.10 Å². The lowest BCUT2D eigenvalue weighted by atomic mass is 9.96. The lowest BCUT2D eigenvalue weighted by Crippen LogP contribution is -2.21. The molecular formula is C40H37BrClN3O4. The molecule has 0 amide bonds. The molecule has 0 atom stereocenters. The van der Waals surface area contributed by atoms with Crippen molar-refractivity contribution in [2.75, 3.05) is 13.2 Å². The van der Waals surface area contributed by atoms with E-state index in [1.54, 1.807) is 18.3 Å². The van der Waals surface area contributed by atoms with E-state index >= 15 is 0 Å². The van der Waals surface area contributed by atoms with Crippen LogP contribution in [0.5, 0.6) is 17.2 Å². The highest BCUT2D eigenvalue weighted by molar-refractivity contribution is 9.10. The Bertz CT molecular complexity index is 2260. The lowest BCUT2D eigenvalue weighted by molar-refractivity contribution is 0.270. The van der Waals surface area contributed by atoms with Crippen LogP contribution in [0.3, 0.4) is 0 Å². The average molecular weight is 739 g/mol. The van der Waals surface area contributed by atoms with Gasteiger partial charge >= 0.3 is 0 Å². The van der Waals surface area contributed by atoms with Gasteiger partial charge in [0.25, 0.3) is 5.56 Å². The molecule has 0 saturated heterocycles. The zero-order valence-electron chi connectivity index (χ0n) is 28.1. The lowest BCUT2D eigenvalue weighted by Gasteiger charge is -2.18. The van der Waals surface area contributed by atoms with E-state index in [1.807, 2.05) is 69.3 Å². The Balaban J connectivity index is 1.44. The van der Waals surface area contributed by atoms with Crippen molar-refractivity contribution in [1.29, 1.82) is 0 Å². The summed E-state index contributed by atoms with van der Waals surface area (Å²) in [6, 6.07) is 27.4. The average Bonchev–Trinajstić information content (AvgIpc) is 3.10. The number of benzene rings is 5. The van der Waals surface area contributed by atoms with E-state index < -0.39 is 0 Å². The maximum Gasteiger partial charge on any atom is 0.282 e. The van der Waals surface area contributed by atoms with Gasteiger partial charge < -0.3 is 14.2 Å². The smallest absolute Gasteiger partial charge is 0.282 e. The minimum absolute atomic E-state index is 0.182. The SMILES string of the molecule is CCOc1cc(C)c(-c2nc3ccccc3c(=O)n2N=Cc2cc(OCC)c(OCc3cccc4ccccc34)c(Cl)c2Br)cc1C(C)C. The number of fused-ring (bicyclic) bond motifs is 2. The van der Waals surface area contributed by atoms with Gasteiger partial charge in [-0.15, -0.1) is 0 Å².